The van der Waals surface area contributed by atoms with Gasteiger partial charge in [-0.15, -0.1) is 0 Å². The number of fused-ring (bicyclic) bond motifs is 1. The lowest BCUT2D eigenvalue weighted by Gasteiger charge is -2.35. The summed E-state index contributed by atoms with van der Waals surface area (Å²) in [5.74, 6) is 0.381. The lowest BCUT2D eigenvalue weighted by Crippen LogP contribution is -2.53. The highest BCUT2D eigenvalue weighted by molar-refractivity contribution is 5.84. The molecule has 30 heavy (non-hydrogen) atoms. The minimum Gasteiger partial charge on any atom is -0.361 e. The van der Waals surface area contributed by atoms with E-state index in [2.05, 4.69) is 76.9 Å². The van der Waals surface area contributed by atoms with E-state index in [1.807, 2.05) is 17.9 Å². The normalized spacial score (nSPS) is 17.2. The van der Waals surface area contributed by atoms with Gasteiger partial charge in [-0.05, 0) is 30.7 Å². The summed E-state index contributed by atoms with van der Waals surface area (Å²) in [5, 5.41) is 4.78. The zero-order chi connectivity index (χ0) is 20.9. The van der Waals surface area contributed by atoms with Crippen molar-refractivity contribution in [1.29, 1.82) is 0 Å². The van der Waals surface area contributed by atoms with Gasteiger partial charge in [0.1, 0.15) is 0 Å². The highest BCUT2D eigenvalue weighted by Gasteiger charge is 2.26. The highest BCUT2D eigenvalue weighted by Crippen LogP contribution is 2.30. The Kier molecular flexibility index (Phi) is 6.50. The molecule has 2 aromatic carbocycles. The van der Waals surface area contributed by atoms with Crippen LogP contribution in [0.3, 0.4) is 0 Å². The van der Waals surface area contributed by atoms with Gasteiger partial charge in [-0.1, -0.05) is 55.5 Å². The van der Waals surface area contributed by atoms with Gasteiger partial charge in [-0.3, -0.25) is 4.79 Å². The van der Waals surface area contributed by atoms with E-state index in [1.165, 1.54) is 16.5 Å². The van der Waals surface area contributed by atoms with Crippen LogP contribution in [0.2, 0.25) is 0 Å². The number of aromatic amines is 1. The maximum absolute atomic E-state index is 13.0. The predicted molar refractivity (Wildman–Crippen MR) is 123 cm³/mol. The SMILES string of the molecule is CCN1CCN(C(=O)C(C)NCC(c2ccccc2)c2c[nH]c3ccccc23)CC1. The number of aromatic nitrogens is 1. The third kappa shape index (κ3) is 4.42. The first-order valence-electron chi connectivity index (χ1n) is 11.0. The molecule has 1 saturated heterocycles. The standard InChI is InChI=1S/C25H32N4O/c1-3-28-13-15-29(16-14-28)25(30)19(2)26-17-22(20-9-5-4-6-10-20)23-18-27-24-12-8-7-11-21(23)24/h4-12,18-19,22,26-27H,3,13-17H2,1-2H3. The minimum atomic E-state index is -0.199. The summed E-state index contributed by atoms with van der Waals surface area (Å²) >= 11 is 0. The van der Waals surface area contributed by atoms with E-state index in [0.717, 1.165) is 38.2 Å². The Labute approximate surface area is 179 Å². The fourth-order valence-corrected chi connectivity index (χ4v) is 4.42. The van der Waals surface area contributed by atoms with Gasteiger partial charge in [0.2, 0.25) is 5.91 Å². The first-order chi connectivity index (χ1) is 14.7. The molecule has 158 valence electrons. The molecule has 0 spiro atoms. The number of likely N-dealkylation sites (N-methyl/N-ethyl adjacent to an activating group) is 1. The van der Waals surface area contributed by atoms with Crippen molar-refractivity contribution in [1.82, 2.24) is 20.1 Å². The molecule has 1 aromatic heterocycles. The van der Waals surface area contributed by atoms with Crippen LogP contribution in [-0.2, 0) is 4.79 Å². The first-order valence-corrected chi connectivity index (χ1v) is 11.0. The number of carbonyl (C=O) groups is 1. The number of hydrogen-bond acceptors (Lipinski definition) is 3. The van der Waals surface area contributed by atoms with Crippen LogP contribution in [0.25, 0.3) is 10.9 Å². The molecule has 0 saturated carbocycles. The van der Waals surface area contributed by atoms with Crippen molar-refractivity contribution in [3.8, 4) is 0 Å². The van der Waals surface area contributed by atoms with Gasteiger partial charge in [-0.2, -0.15) is 0 Å². The molecule has 4 rings (SSSR count). The number of H-pyrrole nitrogens is 1. The number of nitrogens with one attached hydrogen (secondary N) is 2. The Balaban J connectivity index is 1.48. The van der Waals surface area contributed by atoms with Gasteiger partial charge >= 0.3 is 0 Å². The zero-order valence-electron chi connectivity index (χ0n) is 18.0. The second-order valence-electron chi connectivity index (χ2n) is 8.14. The summed E-state index contributed by atoms with van der Waals surface area (Å²) < 4.78 is 0. The molecule has 2 unspecified atom stereocenters. The number of benzene rings is 2. The number of para-hydroxylation sites is 1. The molecular weight excluding hydrogens is 372 g/mol. The summed E-state index contributed by atoms with van der Waals surface area (Å²) in [4.78, 5) is 20.8. The number of piperazine rings is 1. The van der Waals surface area contributed by atoms with Gasteiger partial charge in [0.15, 0.2) is 0 Å². The van der Waals surface area contributed by atoms with E-state index in [4.69, 9.17) is 0 Å². The minimum absolute atomic E-state index is 0.175. The van der Waals surface area contributed by atoms with E-state index >= 15 is 0 Å². The van der Waals surface area contributed by atoms with Crippen molar-refractivity contribution in [2.24, 2.45) is 0 Å². The summed E-state index contributed by atoms with van der Waals surface area (Å²) in [7, 11) is 0. The van der Waals surface area contributed by atoms with Crippen molar-refractivity contribution < 1.29 is 4.79 Å². The molecule has 1 fully saturated rings. The number of hydrogen-bond donors (Lipinski definition) is 2. The quantitative estimate of drug-likeness (QED) is 0.634. The van der Waals surface area contributed by atoms with Crippen LogP contribution in [0.4, 0.5) is 0 Å². The fourth-order valence-electron chi connectivity index (χ4n) is 4.42. The third-order valence-electron chi connectivity index (χ3n) is 6.33. The van der Waals surface area contributed by atoms with Crippen LogP contribution in [0.1, 0.15) is 30.9 Å². The third-order valence-corrected chi connectivity index (χ3v) is 6.33. The molecule has 2 N–H and O–H groups in total. The van der Waals surface area contributed by atoms with Crippen LogP contribution < -0.4 is 5.32 Å². The van der Waals surface area contributed by atoms with E-state index in [9.17, 15) is 4.79 Å². The molecule has 2 heterocycles. The molecule has 1 aliphatic heterocycles. The van der Waals surface area contributed by atoms with Gasteiger partial charge in [0.25, 0.3) is 0 Å². The summed E-state index contributed by atoms with van der Waals surface area (Å²) in [5.41, 5.74) is 3.66. The van der Waals surface area contributed by atoms with Crippen LogP contribution in [0.15, 0.2) is 60.8 Å². The largest absolute Gasteiger partial charge is 0.361 e. The molecule has 5 heteroatoms. The maximum atomic E-state index is 13.0. The monoisotopic (exact) mass is 404 g/mol. The second kappa shape index (κ2) is 9.45. The Morgan fingerprint density at radius 2 is 1.73 bits per heavy atom. The maximum Gasteiger partial charge on any atom is 0.239 e. The second-order valence-corrected chi connectivity index (χ2v) is 8.14. The van der Waals surface area contributed by atoms with Crippen molar-refractivity contribution in [3.05, 3.63) is 71.9 Å². The average molecular weight is 405 g/mol. The smallest absolute Gasteiger partial charge is 0.239 e. The number of amides is 1. The zero-order valence-corrected chi connectivity index (χ0v) is 18.0. The van der Waals surface area contributed by atoms with E-state index in [0.29, 0.717) is 6.54 Å². The lowest BCUT2D eigenvalue weighted by atomic mass is 9.90. The molecule has 0 radical (unpaired) electrons. The molecule has 0 aliphatic carbocycles. The van der Waals surface area contributed by atoms with Gasteiger partial charge < -0.3 is 20.1 Å². The number of nitrogens with zero attached hydrogens (tertiary/aromatic N) is 2. The van der Waals surface area contributed by atoms with E-state index < -0.39 is 0 Å². The van der Waals surface area contributed by atoms with Gasteiger partial charge in [0, 0.05) is 55.7 Å². The van der Waals surface area contributed by atoms with Gasteiger partial charge in [-0.25, -0.2) is 0 Å². The summed E-state index contributed by atoms with van der Waals surface area (Å²) in [6.07, 6.45) is 2.11. The number of carbonyl (C=O) groups excluding carboxylic acids is 1. The first kappa shape index (κ1) is 20.6. The van der Waals surface area contributed by atoms with Crippen LogP contribution in [-0.4, -0.2) is 66.0 Å². The Morgan fingerprint density at radius 3 is 2.47 bits per heavy atom. The fraction of sp³-hybridized carbons (Fsp3) is 0.400. The molecule has 2 atom stereocenters. The topological polar surface area (TPSA) is 51.4 Å². The Hall–Kier alpha value is -2.63. The van der Waals surface area contributed by atoms with Crippen LogP contribution in [0.5, 0.6) is 0 Å². The molecule has 5 nitrogen and oxygen atoms in total. The summed E-state index contributed by atoms with van der Waals surface area (Å²) in [6.45, 7) is 9.52. The van der Waals surface area contributed by atoms with Crippen molar-refractivity contribution in [2.75, 3.05) is 39.3 Å². The molecule has 1 amide bonds. The van der Waals surface area contributed by atoms with E-state index in [1.54, 1.807) is 0 Å². The molecule has 3 aromatic rings. The Morgan fingerprint density at radius 1 is 1.03 bits per heavy atom. The van der Waals surface area contributed by atoms with Gasteiger partial charge in [0.05, 0.1) is 6.04 Å². The van der Waals surface area contributed by atoms with E-state index in [-0.39, 0.29) is 17.9 Å². The van der Waals surface area contributed by atoms with Crippen LogP contribution in [0, 0.1) is 0 Å². The lowest BCUT2D eigenvalue weighted by molar-refractivity contribution is -0.134. The molecule has 1 aliphatic rings. The average Bonchev–Trinajstić information content (AvgIpc) is 3.23. The predicted octanol–water partition coefficient (Wildman–Crippen LogP) is 3.44. The highest BCUT2D eigenvalue weighted by atomic mass is 16.2. The Bertz CT molecular complexity index is 959. The van der Waals surface area contributed by atoms with Crippen molar-refractivity contribution in [2.45, 2.75) is 25.8 Å². The van der Waals surface area contributed by atoms with Crippen molar-refractivity contribution >= 4 is 16.8 Å². The molecule has 0 bridgehead atoms. The van der Waals surface area contributed by atoms with Crippen molar-refractivity contribution in [3.63, 3.8) is 0 Å². The number of rotatable bonds is 7. The summed E-state index contributed by atoms with van der Waals surface area (Å²) in [6, 6.07) is 18.8. The van der Waals surface area contributed by atoms with Crippen LogP contribution >= 0.6 is 0 Å². The molecular formula is C25H32N4O.